The van der Waals surface area contributed by atoms with E-state index < -0.39 is 0 Å². The minimum Gasteiger partial charge on any atom is -0.469 e. The van der Waals surface area contributed by atoms with Crippen molar-refractivity contribution in [3.63, 3.8) is 0 Å². The van der Waals surface area contributed by atoms with Crippen molar-refractivity contribution in [1.29, 1.82) is 0 Å². The lowest BCUT2D eigenvalue weighted by molar-refractivity contribution is -0.140. The van der Waals surface area contributed by atoms with Crippen molar-refractivity contribution in [3.05, 3.63) is 0 Å². The van der Waals surface area contributed by atoms with E-state index in [1.165, 1.54) is 26.4 Å². The Morgan fingerprint density at radius 1 is 1.42 bits per heavy atom. The second kappa shape index (κ2) is 7.53. The molecule has 0 bridgehead atoms. The van der Waals surface area contributed by atoms with Crippen molar-refractivity contribution in [3.8, 4) is 0 Å². The maximum Gasteiger partial charge on any atom is 0.306 e. The van der Waals surface area contributed by atoms with Gasteiger partial charge in [0.25, 0.3) is 0 Å². The predicted molar refractivity (Wildman–Crippen MR) is 82.3 cm³/mol. The summed E-state index contributed by atoms with van der Waals surface area (Å²) in [5.41, 5.74) is 6.64. The molecule has 3 atom stereocenters. The van der Waals surface area contributed by atoms with Gasteiger partial charge in [0.05, 0.1) is 13.5 Å². The van der Waals surface area contributed by atoms with Gasteiger partial charge in [-0.1, -0.05) is 27.2 Å². The number of ether oxygens (including phenoxy) is 1. The van der Waals surface area contributed by atoms with Crippen LogP contribution < -0.4 is 5.73 Å². The summed E-state index contributed by atoms with van der Waals surface area (Å²) in [6, 6.07) is 0.284. The third-order valence-corrected chi connectivity index (χ3v) is 6.14. The number of carbonyl (C=O) groups excluding carboxylic acids is 1. The molecule has 4 heteroatoms. The molecule has 1 rings (SSSR count). The molecule has 3 unspecified atom stereocenters. The number of carbonyl (C=O) groups is 1. The van der Waals surface area contributed by atoms with Crippen LogP contribution in [0.3, 0.4) is 0 Å². The molecule has 1 fully saturated rings. The zero-order valence-corrected chi connectivity index (χ0v) is 13.6. The molecule has 19 heavy (non-hydrogen) atoms. The van der Waals surface area contributed by atoms with E-state index in [0.29, 0.717) is 17.1 Å². The second-order valence-electron chi connectivity index (χ2n) is 6.25. The molecule has 3 nitrogen and oxygen atoms in total. The smallest absolute Gasteiger partial charge is 0.306 e. The average Bonchev–Trinajstić information content (AvgIpc) is 2.40. The van der Waals surface area contributed by atoms with Crippen LogP contribution in [0.5, 0.6) is 0 Å². The third-order valence-electron chi connectivity index (χ3n) is 4.73. The Kier molecular flexibility index (Phi) is 6.67. The highest BCUT2D eigenvalue weighted by Crippen LogP contribution is 2.43. The summed E-state index contributed by atoms with van der Waals surface area (Å²) in [6.45, 7) is 7.00. The van der Waals surface area contributed by atoms with E-state index in [9.17, 15) is 4.79 Å². The molecule has 0 aromatic heterocycles. The highest BCUT2D eigenvalue weighted by molar-refractivity contribution is 7.99. The Morgan fingerprint density at radius 3 is 2.68 bits per heavy atom. The molecule has 0 aromatic rings. The number of nitrogens with two attached hydrogens (primary N) is 1. The van der Waals surface area contributed by atoms with Crippen LogP contribution in [0.2, 0.25) is 0 Å². The summed E-state index contributed by atoms with van der Waals surface area (Å²) >= 11 is 1.85. The molecular weight excluding hydrogens is 258 g/mol. The molecule has 0 heterocycles. The maximum absolute atomic E-state index is 11.1. The summed E-state index contributed by atoms with van der Waals surface area (Å²) in [5.74, 6) is 1.46. The molecular formula is C15H29NO2S. The number of thioether (sulfide) groups is 1. The molecule has 0 radical (unpaired) electrons. The first-order valence-corrected chi connectivity index (χ1v) is 8.39. The fraction of sp³-hybridized carbons (Fsp3) is 0.933. The summed E-state index contributed by atoms with van der Waals surface area (Å²) in [5, 5.41) is 0.495. The maximum atomic E-state index is 11.1. The quantitative estimate of drug-likeness (QED) is 0.762. The minimum atomic E-state index is -0.123. The van der Waals surface area contributed by atoms with Crippen molar-refractivity contribution < 1.29 is 9.53 Å². The van der Waals surface area contributed by atoms with Gasteiger partial charge in [-0.25, -0.2) is 0 Å². The Hall–Kier alpha value is -0.220. The number of esters is 1. The fourth-order valence-electron chi connectivity index (χ4n) is 2.74. The van der Waals surface area contributed by atoms with Gasteiger partial charge in [-0.2, -0.15) is 11.8 Å². The van der Waals surface area contributed by atoms with Crippen LogP contribution in [0.4, 0.5) is 0 Å². The van der Waals surface area contributed by atoms with Gasteiger partial charge in [-0.05, 0) is 30.6 Å². The standard InChI is InChI=1S/C15H29NO2S/c1-5-15(2,3)11-6-7-12(16)13(10-11)19-9-8-14(17)18-4/h11-13H,5-10,16H2,1-4H3. The zero-order chi connectivity index (χ0) is 14.5. The highest BCUT2D eigenvalue weighted by atomic mass is 32.2. The first kappa shape index (κ1) is 16.8. The lowest BCUT2D eigenvalue weighted by Crippen LogP contribution is -2.42. The van der Waals surface area contributed by atoms with E-state index in [0.717, 1.165) is 18.1 Å². The molecule has 112 valence electrons. The van der Waals surface area contributed by atoms with Gasteiger partial charge in [0.15, 0.2) is 0 Å². The Bertz CT molecular complexity index is 294. The first-order chi connectivity index (χ1) is 8.90. The SMILES string of the molecule is CCC(C)(C)C1CCC(N)C(SCCC(=O)OC)C1. The lowest BCUT2D eigenvalue weighted by Gasteiger charge is -2.41. The number of rotatable bonds is 6. The van der Waals surface area contributed by atoms with E-state index in [2.05, 4.69) is 25.5 Å². The molecule has 0 aliphatic heterocycles. The number of methoxy groups -OCH3 is 1. The summed E-state index contributed by atoms with van der Waals surface area (Å²) < 4.78 is 4.68. The van der Waals surface area contributed by atoms with Crippen molar-refractivity contribution in [1.82, 2.24) is 0 Å². The Morgan fingerprint density at radius 2 is 2.11 bits per heavy atom. The monoisotopic (exact) mass is 287 g/mol. The van der Waals surface area contributed by atoms with Gasteiger partial charge in [0.1, 0.15) is 0 Å². The first-order valence-electron chi connectivity index (χ1n) is 7.34. The number of hydrogen-bond donors (Lipinski definition) is 1. The number of hydrogen-bond acceptors (Lipinski definition) is 4. The van der Waals surface area contributed by atoms with Gasteiger partial charge in [-0.15, -0.1) is 0 Å². The Balaban J connectivity index is 2.45. The molecule has 0 aromatic carbocycles. The van der Waals surface area contributed by atoms with Gasteiger partial charge in [0.2, 0.25) is 0 Å². The van der Waals surface area contributed by atoms with E-state index in [-0.39, 0.29) is 12.0 Å². The molecule has 2 N–H and O–H groups in total. The lowest BCUT2D eigenvalue weighted by atomic mass is 9.69. The third kappa shape index (κ3) is 4.99. The van der Waals surface area contributed by atoms with Crippen LogP contribution in [0.15, 0.2) is 0 Å². The van der Waals surface area contributed by atoms with Crippen molar-refractivity contribution in [2.45, 2.75) is 64.2 Å². The normalized spacial score (nSPS) is 28.2. The van der Waals surface area contributed by atoms with Crippen LogP contribution in [0.1, 0.15) is 52.9 Å². The second-order valence-corrected chi connectivity index (χ2v) is 7.60. The van der Waals surface area contributed by atoms with Gasteiger partial charge < -0.3 is 10.5 Å². The van der Waals surface area contributed by atoms with Crippen LogP contribution in [0.25, 0.3) is 0 Å². The molecule has 0 saturated heterocycles. The van der Waals surface area contributed by atoms with Crippen LogP contribution in [-0.2, 0) is 9.53 Å². The minimum absolute atomic E-state index is 0.123. The van der Waals surface area contributed by atoms with Crippen molar-refractivity contribution in [2.75, 3.05) is 12.9 Å². The molecule has 1 aliphatic carbocycles. The predicted octanol–water partition coefficient (Wildman–Crippen LogP) is 3.21. The van der Waals surface area contributed by atoms with E-state index >= 15 is 0 Å². The summed E-state index contributed by atoms with van der Waals surface area (Å²) in [4.78, 5) is 11.1. The Labute approximate surface area is 122 Å². The van der Waals surface area contributed by atoms with Crippen LogP contribution in [-0.4, -0.2) is 30.1 Å². The van der Waals surface area contributed by atoms with E-state index in [1.54, 1.807) is 0 Å². The largest absolute Gasteiger partial charge is 0.469 e. The van der Waals surface area contributed by atoms with Crippen molar-refractivity contribution >= 4 is 17.7 Å². The molecule has 1 saturated carbocycles. The summed E-state index contributed by atoms with van der Waals surface area (Å²) in [7, 11) is 1.44. The van der Waals surface area contributed by atoms with Gasteiger partial charge in [0, 0.05) is 17.0 Å². The molecule has 1 aliphatic rings. The van der Waals surface area contributed by atoms with E-state index in [1.807, 2.05) is 11.8 Å². The zero-order valence-electron chi connectivity index (χ0n) is 12.8. The van der Waals surface area contributed by atoms with Crippen LogP contribution in [0, 0.1) is 11.3 Å². The van der Waals surface area contributed by atoms with E-state index in [4.69, 9.17) is 5.73 Å². The fourth-order valence-corrected chi connectivity index (χ4v) is 4.08. The molecule has 0 amide bonds. The average molecular weight is 287 g/mol. The van der Waals surface area contributed by atoms with Gasteiger partial charge in [-0.3, -0.25) is 4.79 Å². The van der Waals surface area contributed by atoms with Crippen molar-refractivity contribution in [2.24, 2.45) is 17.1 Å². The van der Waals surface area contributed by atoms with Gasteiger partial charge >= 0.3 is 5.97 Å². The topological polar surface area (TPSA) is 52.3 Å². The highest BCUT2D eigenvalue weighted by Gasteiger charge is 2.36. The van der Waals surface area contributed by atoms with Crippen LogP contribution >= 0.6 is 11.8 Å². The summed E-state index contributed by atoms with van der Waals surface area (Å²) in [6.07, 6.45) is 5.26. The molecule has 0 spiro atoms.